The third-order valence-corrected chi connectivity index (χ3v) is 3.83. The van der Waals surface area contributed by atoms with Crippen molar-refractivity contribution in [2.24, 2.45) is 0 Å². The third kappa shape index (κ3) is 3.60. The molecular formula is C20H19N3O. The lowest BCUT2D eigenvalue weighted by Crippen LogP contribution is -2.14. The van der Waals surface area contributed by atoms with Crippen molar-refractivity contribution >= 4 is 23.0 Å². The van der Waals surface area contributed by atoms with E-state index < -0.39 is 0 Å². The number of hydrogen-bond donors (Lipinski definition) is 1. The molecule has 2 aromatic carbocycles. The molecular weight excluding hydrogens is 298 g/mol. The summed E-state index contributed by atoms with van der Waals surface area (Å²) in [6, 6.07) is 19.5. The van der Waals surface area contributed by atoms with Crippen LogP contribution < -0.4 is 10.2 Å². The molecule has 3 rings (SSSR count). The van der Waals surface area contributed by atoms with Gasteiger partial charge in [-0.3, -0.25) is 9.78 Å². The minimum Gasteiger partial charge on any atom is -0.343 e. The van der Waals surface area contributed by atoms with Gasteiger partial charge in [-0.05, 0) is 37.3 Å². The highest BCUT2D eigenvalue weighted by atomic mass is 16.1. The van der Waals surface area contributed by atoms with E-state index in [-0.39, 0.29) is 5.91 Å². The van der Waals surface area contributed by atoms with Gasteiger partial charge in [0.1, 0.15) is 0 Å². The van der Waals surface area contributed by atoms with E-state index >= 15 is 0 Å². The molecule has 0 spiro atoms. The molecule has 0 aliphatic heterocycles. The van der Waals surface area contributed by atoms with E-state index in [1.807, 2.05) is 79.5 Å². The number of benzene rings is 2. The predicted octanol–water partition coefficient (Wildman–Crippen LogP) is 4.41. The van der Waals surface area contributed by atoms with Crippen molar-refractivity contribution in [3.05, 3.63) is 84.2 Å². The second-order valence-electron chi connectivity index (χ2n) is 5.65. The highest BCUT2D eigenvalue weighted by molar-refractivity contribution is 6.04. The van der Waals surface area contributed by atoms with Crippen molar-refractivity contribution in [1.82, 2.24) is 4.98 Å². The van der Waals surface area contributed by atoms with E-state index in [4.69, 9.17) is 0 Å². The summed E-state index contributed by atoms with van der Waals surface area (Å²) >= 11 is 0. The fraction of sp³-hybridized carbons (Fsp3) is 0.100. The Hall–Kier alpha value is -3.14. The zero-order valence-electron chi connectivity index (χ0n) is 13.7. The lowest BCUT2D eigenvalue weighted by atomic mass is 10.2. The maximum absolute atomic E-state index is 12.4. The Morgan fingerprint density at radius 2 is 1.67 bits per heavy atom. The van der Waals surface area contributed by atoms with Gasteiger partial charge in [-0.15, -0.1) is 0 Å². The van der Waals surface area contributed by atoms with Crippen LogP contribution in [0.4, 0.5) is 17.1 Å². The lowest BCUT2D eigenvalue weighted by molar-refractivity contribution is 0.102. The molecule has 4 heteroatoms. The zero-order valence-corrected chi connectivity index (χ0v) is 13.7. The molecule has 4 nitrogen and oxygen atoms in total. The molecule has 0 atom stereocenters. The van der Waals surface area contributed by atoms with Crippen molar-refractivity contribution in [3.8, 4) is 0 Å². The smallest absolute Gasteiger partial charge is 0.257 e. The van der Waals surface area contributed by atoms with Gasteiger partial charge in [0.2, 0.25) is 0 Å². The molecule has 0 saturated heterocycles. The molecule has 0 saturated carbocycles. The van der Waals surface area contributed by atoms with Crippen LogP contribution in [-0.4, -0.2) is 17.9 Å². The molecule has 0 fully saturated rings. The first-order chi connectivity index (χ1) is 11.6. The van der Waals surface area contributed by atoms with Crippen molar-refractivity contribution in [2.45, 2.75) is 6.92 Å². The van der Waals surface area contributed by atoms with Crippen LogP contribution in [-0.2, 0) is 0 Å². The second kappa shape index (κ2) is 6.96. The van der Waals surface area contributed by atoms with Gasteiger partial charge in [0.15, 0.2) is 0 Å². The predicted molar refractivity (Wildman–Crippen MR) is 97.9 cm³/mol. The largest absolute Gasteiger partial charge is 0.343 e. The summed E-state index contributed by atoms with van der Waals surface area (Å²) in [6.45, 7) is 2.01. The molecule has 0 radical (unpaired) electrons. The molecule has 1 N–H and O–H groups in total. The molecule has 24 heavy (non-hydrogen) atoms. The summed E-state index contributed by atoms with van der Waals surface area (Å²) in [5, 5.41) is 2.89. The number of carbonyl (C=O) groups is 1. The van der Waals surface area contributed by atoms with E-state index in [9.17, 15) is 4.79 Å². The number of aromatic nitrogens is 1. The van der Waals surface area contributed by atoms with Crippen LogP contribution in [0.15, 0.2) is 73.1 Å². The fourth-order valence-electron chi connectivity index (χ4n) is 2.38. The van der Waals surface area contributed by atoms with E-state index in [0.29, 0.717) is 5.56 Å². The first-order valence-corrected chi connectivity index (χ1v) is 7.75. The number of rotatable bonds is 4. The maximum atomic E-state index is 12.4. The van der Waals surface area contributed by atoms with Crippen molar-refractivity contribution in [3.63, 3.8) is 0 Å². The number of amides is 1. The maximum Gasteiger partial charge on any atom is 0.257 e. The molecule has 0 unspecified atom stereocenters. The summed E-state index contributed by atoms with van der Waals surface area (Å²) in [4.78, 5) is 18.6. The first kappa shape index (κ1) is 15.7. The number of pyridine rings is 1. The van der Waals surface area contributed by atoms with Gasteiger partial charge < -0.3 is 10.2 Å². The van der Waals surface area contributed by atoms with Gasteiger partial charge in [0.25, 0.3) is 5.91 Å². The Bertz CT molecular complexity index is 829. The van der Waals surface area contributed by atoms with Crippen LogP contribution in [0.5, 0.6) is 0 Å². The van der Waals surface area contributed by atoms with Crippen LogP contribution >= 0.6 is 0 Å². The number of nitrogens with zero attached hydrogens (tertiary/aromatic N) is 2. The normalized spacial score (nSPS) is 10.2. The number of para-hydroxylation sites is 1. The Kier molecular flexibility index (Phi) is 4.57. The van der Waals surface area contributed by atoms with Crippen LogP contribution in [0, 0.1) is 6.92 Å². The Labute approximate surface area is 141 Å². The van der Waals surface area contributed by atoms with Crippen LogP contribution in [0.25, 0.3) is 0 Å². The molecule has 120 valence electrons. The van der Waals surface area contributed by atoms with Gasteiger partial charge >= 0.3 is 0 Å². The highest BCUT2D eigenvalue weighted by Crippen LogP contribution is 2.23. The van der Waals surface area contributed by atoms with Gasteiger partial charge in [0.05, 0.1) is 17.4 Å². The van der Waals surface area contributed by atoms with Crippen molar-refractivity contribution in [1.29, 1.82) is 0 Å². The minimum absolute atomic E-state index is 0.172. The Balaban J connectivity index is 1.79. The number of aryl methyl sites for hydroxylation is 1. The van der Waals surface area contributed by atoms with Gasteiger partial charge in [-0.25, -0.2) is 0 Å². The summed E-state index contributed by atoms with van der Waals surface area (Å²) in [5.74, 6) is -0.172. The van der Waals surface area contributed by atoms with Crippen LogP contribution in [0.2, 0.25) is 0 Å². The SMILES string of the molecule is Cc1ccc(NC(=O)c2cncc(N(C)c3ccccc3)c2)cc1. The quantitative estimate of drug-likeness (QED) is 0.775. The average molecular weight is 317 g/mol. The average Bonchev–Trinajstić information content (AvgIpc) is 2.64. The Morgan fingerprint density at radius 3 is 2.38 bits per heavy atom. The monoisotopic (exact) mass is 317 g/mol. The number of hydrogen-bond acceptors (Lipinski definition) is 3. The lowest BCUT2D eigenvalue weighted by Gasteiger charge is -2.19. The molecule has 0 aliphatic rings. The first-order valence-electron chi connectivity index (χ1n) is 7.75. The van der Waals surface area contributed by atoms with Gasteiger partial charge in [-0.1, -0.05) is 35.9 Å². The van der Waals surface area contributed by atoms with E-state index in [1.165, 1.54) is 0 Å². The van der Waals surface area contributed by atoms with Crippen LogP contribution in [0.1, 0.15) is 15.9 Å². The van der Waals surface area contributed by atoms with Gasteiger partial charge in [0, 0.05) is 24.6 Å². The third-order valence-electron chi connectivity index (χ3n) is 3.83. The van der Waals surface area contributed by atoms with Crippen molar-refractivity contribution in [2.75, 3.05) is 17.3 Å². The molecule has 0 aliphatic carbocycles. The topological polar surface area (TPSA) is 45.2 Å². The molecule has 3 aromatic rings. The summed E-state index contributed by atoms with van der Waals surface area (Å²) in [5.41, 5.74) is 4.34. The van der Waals surface area contributed by atoms with E-state index in [2.05, 4.69) is 10.3 Å². The highest BCUT2D eigenvalue weighted by Gasteiger charge is 2.10. The molecule has 1 amide bonds. The summed E-state index contributed by atoms with van der Waals surface area (Å²) in [7, 11) is 1.95. The number of nitrogens with one attached hydrogen (secondary N) is 1. The summed E-state index contributed by atoms with van der Waals surface area (Å²) < 4.78 is 0. The standard InChI is InChI=1S/C20H19N3O/c1-15-8-10-17(11-9-15)22-20(24)16-12-19(14-21-13-16)23(2)18-6-4-3-5-7-18/h3-14H,1-2H3,(H,22,24). The zero-order chi connectivity index (χ0) is 16.9. The Morgan fingerprint density at radius 1 is 0.958 bits per heavy atom. The summed E-state index contributed by atoms with van der Waals surface area (Å²) in [6.07, 6.45) is 3.32. The molecule has 0 bridgehead atoms. The molecule has 1 aromatic heterocycles. The minimum atomic E-state index is -0.172. The number of anilines is 3. The number of carbonyl (C=O) groups excluding carboxylic acids is 1. The molecule has 1 heterocycles. The second-order valence-corrected chi connectivity index (χ2v) is 5.65. The van der Waals surface area contributed by atoms with Gasteiger partial charge in [-0.2, -0.15) is 0 Å². The fourth-order valence-corrected chi connectivity index (χ4v) is 2.38. The van der Waals surface area contributed by atoms with Crippen LogP contribution in [0.3, 0.4) is 0 Å². The van der Waals surface area contributed by atoms with Crippen molar-refractivity contribution < 1.29 is 4.79 Å². The van der Waals surface area contributed by atoms with E-state index in [1.54, 1.807) is 12.4 Å². The van der Waals surface area contributed by atoms with E-state index in [0.717, 1.165) is 22.6 Å².